The molecule has 2 unspecified atom stereocenters. The summed E-state index contributed by atoms with van der Waals surface area (Å²) in [6, 6.07) is 0.311. The molecule has 0 aromatic carbocycles. The van der Waals surface area contributed by atoms with Crippen LogP contribution >= 0.6 is 0 Å². The Morgan fingerprint density at radius 2 is 2.00 bits per heavy atom. The molecule has 1 heterocycles. The highest BCUT2D eigenvalue weighted by Crippen LogP contribution is 2.41. The monoisotopic (exact) mass is 291 g/mol. The molecule has 116 valence electrons. The number of nitrogens with one attached hydrogen (secondary N) is 1. The number of fused-ring (bicyclic) bond motifs is 2. The molecule has 0 aliphatic heterocycles. The molecule has 0 radical (unpaired) electrons. The maximum absolute atomic E-state index is 12.5. The van der Waals surface area contributed by atoms with Crippen LogP contribution in [-0.2, 0) is 11.3 Å². The van der Waals surface area contributed by atoms with Crippen molar-refractivity contribution in [3.8, 4) is 0 Å². The Kier molecular flexibility index (Phi) is 4.02. The SMILES string of the molecule is Cc1noc(C)c1CNC(=O)C1CC2CCCC(C1)C2N. The summed E-state index contributed by atoms with van der Waals surface area (Å²) < 4.78 is 5.13. The Balaban J connectivity index is 1.59. The van der Waals surface area contributed by atoms with Crippen LogP contribution < -0.4 is 11.1 Å². The molecule has 1 amide bonds. The van der Waals surface area contributed by atoms with Crippen molar-refractivity contribution in [1.29, 1.82) is 0 Å². The van der Waals surface area contributed by atoms with Gasteiger partial charge in [-0.1, -0.05) is 11.6 Å². The van der Waals surface area contributed by atoms with E-state index in [2.05, 4.69) is 10.5 Å². The number of amides is 1. The van der Waals surface area contributed by atoms with Gasteiger partial charge >= 0.3 is 0 Å². The Bertz CT molecular complexity index is 492. The summed E-state index contributed by atoms with van der Waals surface area (Å²) in [4.78, 5) is 12.5. The first-order valence-corrected chi connectivity index (χ1v) is 8.01. The molecule has 5 nitrogen and oxygen atoms in total. The lowest BCUT2D eigenvalue weighted by molar-refractivity contribution is -0.128. The normalized spacial score (nSPS) is 32.0. The van der Waals surface area contributed by atoms with Crippen LogP contribution in [0.25, 0.3) is 0 Å². The van der Waals surface area contributed by atoms with Crippen molar-refractivity contribution < 1.29 is 9.32 Å². The summed E-state index contributed by atoms with van der Waals surface area (Å²) in [5, 5.41) is 6.98. The minimum absolute atomic E-state index is 0.126. The van der Waals surface area contributed by atoms with Gasteiger partial charge in [0.2, 0.25) is 5.91 Å². The number of rotatable bonds is 3. The molecule has 3 rings (SSSR count). The lowest BCUT2D eigenvalue weighted by atomic mass is 9.65. The predicted octanol–water partition coefficient (Wildman–Crippen LogP) is 2.06. The van der Waals surface area contributed by atoms with Gasteiger partial charge in [0.25, 0.3) is 0 Å². The number of hydrogen-bond donors (Lipinski definition) is 2. The second-order valence-electron chi connectivity index (χ2n) is 6.72. The molecular formula is C16H25N3O2. The first-order valence-electron chi connectivity index (χ1n) is 8.01. The molecule has 2 bridgehead atoms. The number of aromatic nitrogens is 1. The molecular weight excluding hydrogens is 266 g/mol. The fourth-order valence-corrected chi connectivity index (χ4v) is 4.08. The first-order chi connectivity index (χ1) is 10.1. The number of nitrogens with two attached hydrogens (primary N) is 1. The van der Waals surface area contributed by atoms with E-state index < -0.39 is 0 Å². The molecule has 2 aliphatic carbocycles. The van der Waals surface area contributed by atoms with E-state index in [0.717, 1.165) is 29.9 Å². The summed E-state index contributed by atoms with van der Waals surface area (Å²) in [6.07, 6.45) is 5.54. The van der Waals surface area contributed by atoms with Gasteiger partial charge in [-0.05, 0) is 51.4 Å². The van der Waals surface area contributed by atoms with Gasteiger partial charge in [-0.3, -0.25) is 4.79 Å². The quantitative estimate of drug-likeness (QED) is 0.893. The van der Waals surface area contributed by atoms with Crippen LogP contribution in [0.5, 0.6) is 0 Å². The lowest BCUT2D eigenvalue weighted by Gasteiger charge is -2.43. The fraction of sp³-hybridized carbons (Fsp3) is 0.750. The van der Waals surface area contributed by atoms with E-state index in [-0.39, 0.29) is 11.8 Å². The summed E-state index contributed by atoms with van der Waals surface area (Å²) >= 11 is 0. The lowest BCUT2D eigenvalue weighted by Crippen LogP contribution is -2.49. The van der Waals surface area contributed by atoms with Crippen LogP contribution in [0, 0.1) is 31.6 Å². The molecule has 1 aromatic rings. The molecule has 21 heavy (non-hydrogen) atoms. The van der Waals surface area contributed by atoms with E-state index in [1.807, 2.05) is 13.8 Å². The molecule has 0 spiro atoms. The smallest absolute Gasteiger partial charge is 0.223 e. The second kappa shape index (κ2) is 5.79. The Labute approximate surface area is 125 Å². The van der Waals surface area contributed by atoms with Crippen LogP contribution in [0.2, 0.25) is 0 Å². The van der Waals surface area contributed by atoms with Crippen LogP contribution in [0.4, 0.5) is 0 Å². The van der Waals surface area contributed by atoms with Crippen LogP contribution in [-0.4, -0.2) is 17.1 Å². The Morgan fingerprint density at radius 1 is 1.33 bits per heavy atom. The van der Waals surface area contributed by atoms with E-state index >= 15 is 0 Å². The molecule has 2 fully saturated rings. The zero-order chi connectivity index (χ0) is 15.0. The van der Waals surface area contributed by atoms with Gasteiger partial charge < -0.3 is 15.6 Å². The first kappa shape index (κ1) is 14.6. The predicted molar refractivity (Wildman–Crippen MR) is 79.4 cm³/mol. The number of nitrogens with zero attached hydrogens (tertiary/aromatic N) is 1. The third-order valence-electron chi connectivity index (χ3n) is 5.40. The summed E-state index contributed by atoms with van der Waals surface area (Å²) in [6.45, 7) is 4.30. The molecule has 0 saturated heterocycles. The highest BCUT2D eigenvalue weighted by atomic mass is 16.5. The van der Waals surface area contributed by atoms with Gasteiger partial charge in [0.1, 0.15) is 5.76 Å². The third kappa shape index (κ3) is 2.84. The van der Waals surface area contributed by atoms with E-state index in [4.69, 9.17) is 10.3 Å². The number of aryl methyl sites for hydroxylation is 2. The maximum Gasteiger partial charge on any atom is 0.223 e. The molecule has 2 aliphatic rings. The minimum Gasteiger partial charge on any atom is -0.361 e. The highest BCUT2D eigenvalue weighted by Gasteiger charge is 2.40. The summed E-state index contributed by atoms with van der Waals surface area (Å²) in [5.41, 5.74) is 8.14. The standard InChI is InChI=1S/C16H25N3O2/c1-9-14(10(2)21-19-9)8-18-16(20)13-6-11-4-3-5-12(7-13)15(11)17/h11-13,15H,3-8,17H2,1-2H3,(H,18,20). The van der Waals surface area contributed by atoms with E-state index in [9.17, 15) is 4.79 Å². The topological polar surface area (TPSA) is 81.2 Å². The van der Waals surface area contributed by atoms with Gasteiger partial charge in [0, 0.05) is 24.1 Å². The van der Waals surface area contributed by atoms with E-state index in [1.54, 1.807) is 0 Å². The average molecular weight is 291 g/mol. The van der Waals surface area contributed by atoms with Crippen molar-refractivity contribution in [3.63, 3.8) is 0 Å². The third-order valence-corrected chi connectivity index (χ3v) is 5.40. The van der Waals surface area contributed by atoms with Gasteiger partial charge in [-0.15, -0.1) is 0 Å². The molecule has 3 N–H and O–H groups in total. The maximum atomic E-state index is 12.5. The second-order valence-corrected chi connectivity index (χ2v) is 6.72. The zero-order valence-electron chi connectivity index (χ0n) is 12.9. The van der Waals surface area contributed by atoms with Gasteiger partial charge in [-0.25, -0.2) is 0 Å². The Hall–Kier alpha value is -1.36. The number of carbonyl (C=O) groups excluding carboxylic acids is 1. The number of carbonyl (C=O) groups is 1. The van der Waals surface area contributed by atoms with E-state index in [1.165, 1.54) is 19.3 Å². The van der Waals surface area contributed by atoms with Gasteiger partial charge in [0.15, 0.2) is 0 Å². The summed E-state index contributed by atoms with van der Waals surface area (Å²) in [5.74, 6) is 2.15. The van der Waals surface area contributed by atoms with Crippen LogP contribution in [0.15, 0.2) is 4.52 Å². The van der Waals surface area contributed by atoms with Crippen molar-refractivity contribution in [2.75, 3.05) is 0 Å². The molecule has 2 atom stereocenters. The molecule has 5 heteroatoms. The fourth-order valence-electron chi connectivity index (χ4n) is 4.08. The summed E-state index contributed by atoms with van der Waals surface area (Å²) in [7, 11) is 0. The molecule has 2 saturated carbocycles. The van der Waals surface area contributed by atoms with Gasteiger partial charge in [0.05, 0.1) is 5.69 Å². The van der Waals surface area contributed by atoms with Crippen molar-refractivity contribution in [2.45, 2.75) is 58.5 Å². The zero-order valence-corrected chi connectivity index (χ0v) is 12.9. The van der Waals surface area contributed by atoms with Crippen molar-refractivity contribution in [1.82, 2.24) is 10.5 Å². The highest BCUT2D eigenvalue weighted by molar-refractivity contribution is 5.78. The van der Waals surface area contributed by atoms with Crippen molar-refractivity contribution in [3.05, 3.63) is 17.0 Å². The van der Waals surface area contributed by atoms with Crippen molar-refractivity contribution >= 4 is 5.91 Å². The minimum atomic E-state index is 0.126. The largest absolute Gasteiger partial charge is 0.361 e. The van der Waals surface area contributed by atoms with Crippen LogP contribution in [0.3, 0.4) is 0 Å². The average Bonchev–Trinajstić information content (AvgIpc) is 2.75. The van der Waals surface area contributed by atoms with E-state index in [0.29, 0.717) is 24.4 Å². The van der Waals surface area contributed by atoms with Crippen molar-refractivity contribution in [2.24, 2.45) is 23.5 Å². The van der Waals surface area contributed by atoms with Gasteiger partial charge in [-0.2, -0.15) is 0 Å². The number of hydrogen-bond acceptors (Lipinski definition) is 4. The van der Waals surface area contributed by atoms with Crippen LogP contribution in [0.1, 0.15) is 49.1 Å². The Morgan fingerprint density at radius 3 is 2.57 bits per heavy atom. The molecule has 1 aromatic heterocycles.